The van der Waals surface area contributed by atoms with Gasteiger partial charge in [-0.2, -0.15) is 0 Å². The number of hydrogen-bond donors (Lipinski definition) is 2. The van der Waals surface area contributed by atoms with E-state index in [1.54, 1.807) is 4.90 Å². The van der Waals surface area contributed by atoms with Crippen LogP contribution in [-0.4, -0.2) is 34.1 Å². The maximum Gasteiger partial charge on any atom is 0.254 e. The van der Waals surface area contributed by atoms with E-state index >= 15 is 0 Å². The molecule has 0 bridgehead atoms. The molecule has 0 spiro atoms. The van der Waals surface area contributed by atoms with E-state index in [-0.39, 0.29) is 17.4 Å². The molecule has 21 heavy (non-hydrogen) atoms. The molecular formula is C17H17NO3. The van der Waals surface area contributed by atoms with Gasteiger partial charge in [0.25, 0.3) is 5.91 Å². The molecule has 2 N–H and O–H groups in total. The van der Waals surface area contributed by atoms with Crippen LogP contribution in [0.3, 0.4) is 0 Å². The number of nitrogens with zero attached hydrogens (tertiary/aromatic N) is 1. The average Bonchev–Trinajstić information content (AvgIpc) is 2.68. The molecule has 108 valence electrons. The van der Waals surface area contributed by atoms with E-state index in [1.165, 1.54) is 29.3 Å². The second kappa shape index (κ2) is 5.48. The molecule has 0 atom stereocenters. The molecule has 3 rings (SSSR count). The van der Waals surface area contributed by atoms with Gasteiger partial charge in [-0.1, -0.05) is 24.3 Å². The van der Waals surface area contributed by atoms with E-state index in [9.17, 15) is 15.0 Å². The second-order valence-corrected chi connectivity index (χ2v) is 5.30. The zero-order valence-corrected chi connectivity index (χ0v) is 11.6. The molecule has 1 amide bonds. The Morgan fingerprint density at radius 1 is 0.905 bits per heavy atom. The average molecular weight is 283 g/mol. The fourth-order valence-electron chi connectivity index (χ4n) is 2.77. The van der Waals surface area contributed by atoms with Crippen LogP contribution in [0.15, 0.2) is 42.5 Å². The number of carbonyl (C=O) groups is 1. The lowest BCUT2D eigenvalue weighted by Crippen LogP contribution is -2.33. The van der Waals surface area contributed by atoms with Gasteiger partial charge in [-0.05, 0) is 36.1 Å². The van der Waals surface area contributed by atoms with E-state index in [2.05, 4.69) is 12.1 Å². The molecule has 0 unspecified atom stereocenters. The third kappa shape index (κ3) is 2.84. The summed E-state index contributed by atoms with van der Waals surface area (Å²) in [6.45, 7) is 1.29. The molecule has 4 nitrogen and oxygen atoms in total. The van der Waals surface area contributed by atoms with Crippen molar-refractivity contribution < 1.29 is 15.0 Å². The van der Waals surface area contributed by atoms with Crippen LogP contribution >= 0.6 is 0 Å². The Kier molecular flexibility index (Phi) is 3.52. The van der Waals surface area contributed by atoms with E-state index in [0.717, 1.165) is 12.8 Å². The highest BCUT2D eigenvalue weighted by molar-refractivity contribution is 5.95. The van der Waals surface area contributed by atoms with Gasteiger partial charge < -0.3 is 15.1 Å². The zero-order chi connectivity index (χ0) is 14.8. The van der Waals surface area contributed by atoms with Gasteiger partial charge in [0.1, 0.15) is 11.5 Å². The maximum absolute atomic E-state index is 12.5. The third-order valence-corrected chi connectivity index (χ3v) is 3.86. The zero-order valence-electron chi connectivity index (χ0n) is 11.6. The molecule has 4 heteroatoms. The van der Waals surface area contributed by atoms with Crippen molar-refractivity contribution in [3.8, 4) is 11.5 Å². The Morgan fingerprint density at radius 3 is 1.95 bits per heavy atom. The summed E-state index contributed by atoms with van der Waals surface area (Å²) in [6.07, 6.45) is 1.65. The minimum Gasteiger partial charge on any atom is -0.508 e. The van der Waals surface area contributed by atoms with Gasteiger partial charge in [0.15, 0.2) is 0 Å². The van der Waals surface area contributed by atoms with Crippen LogP contribution in [0.25, 0.3) is 0 Å². The highest BCUT2D eigenvalue weighted by atomic mass is 16.3. The Hall–Kier alpha value is -2.49. The number of carbonyl (C=O) groups excluding carboxylic acids is 1. The van der Waals surface area contributed by atoms with E-state index in [1.807, 2.05) is 12.1 Å². The van der Waals surface area contributed by atoms with Gasteiger partial charge in [-0.15, -0.1) is 0 Å². The summed E-state index contributed by atoms with van der Waals surface area (Å²) in [5, 5.41) is 19.0. The number of phenolic OH excluding ortho intramolecular Hbond substituents is 2. The summed E-state index contributed by atoms with van der Waals surface area (Å²) in [6, 6.07) is 12.2. The number of fused-ring (bicyclic) bond motifs is 1. The van der Waals surface area contributed by atoms with Gasteiger partial charge in [-0.25, -0.2) is 0 Å². The largest absolute Gasteiger partial charge is 0.508 e. The standard InChI is InChI=1S/C17H17NO3/c19-15-9-14(10-16(20)11-15)17(21)18-7-5-12-3-1-2-4-13(12)6-8-18/h1-4,9-11,19-20H,5-8H2. The van der Waals surface area contributed by atoms with E-state index in [4.69, 9.17) is 0 Å². The van der Waals surface area contributed by atoms with Crippen molar-refractivity contribution in [2.75, 3.05) is 13.1 Å². The number of rotatable bonds is 1. The highest BCUT2D eigenvalue weighted by Gasteiger charge is 2.20. The highest BCUT2D eigenvalue weighted by Crippen LogP contribution is 2.23. The summed E-state index contributed by atoms with van der Waals surface area (Å²) in [5.41, 5.74) is 2.89. The lowest BCUT2D eigenvalue weighted by molar-refractivity contribution is 0.0762. The van der Waals surface area contributed by atoms with Crippen LogP contribution in [-0.2, 0) is 12.8 Å². The Morgan fingerprint density at radius 2 is 1.43 bits per heavy atom. The van der Waals surface area contributed by atoms with Crippen LogP contribution in [0.2, 0.25) is 0 Å². The predicted octanol–water partition coefficient (Wildman–Crippen LogP) is 2.34. The monoisotopic (exact) mass is 283 g/mol. The van der Waals surface area contributed by atoms with Crippen molar-refractivity contribution in [2.24, 2.45) is 0 Å². The van der Waals surface area contributed by atoms with Crippen molar-refractivity contribution in [1.82, 2.24) is 4.90 Å². The topological polar surface area (TPSA) is 60.8 Å². The molecule has 0 saturated heterocycles. The molecule has 0 radical (unpaired) electrons. The summed E-state index contributed by atoms with van der Waals surface area (Å²) in [4.78, 5) is 14.3. The first-order chi connectivity index (χ1) is 10.1. The summed E-state index contributed by atoms with van der Waals surface area (Å²) < 4.78 is 0. The Balaban J connectivity index is 1.80. The third-order valence-electron chi connectivity index (χ3n) is 3.86. The van der Waals surface area contributed by atoms with Gasteiger partial charge in [0.05, 0.1) is 0 Å². The SMILES string of the molecule is O=C(c1cc(O)cc(O)c1)N1CCc2ccccc2CC1. The van der Waals surface area contributed by atoms with Crippen LogP contribution in [0, 0.1) is 0 Å². The molecule has 0 aliphatic carbocycles. The van der Waals surface area contributed by atoms with E-state index in [0.29, 0.717) is 18.7 Å². The molecular weight excluding hydrogens is 266 g/mol. The van der Waals surface area contributed by atoms with Gasteiger partial charge in [0, 0.05) is 24.7 Å². The van der Waals surface area contributed by atoms with Gasteiger partial charge >= 0.3 is 0 Å². The Bertz CT molecular complexity index is 634. The van der Waals surface area contributed by atoms with E-state index < -0.39 is 0 Å². The second-order valence-electron chi connectivity index (χ2n) is 5.30. The number of amides is 1. The van der Waals surface area contributed by atoms with Gasteiger partial charge in [-0.3, -0.25) is 4.79 Å². The summed E-state index contributed by atoms with van der Waals surface area (Å²) >= 11 is 0. The molecule has 0 aromatic heterocycles. The molecule has 1 aliphatic rings. The van der Waals surface area contributed by atoms with Crippen LogP contribution in [0.4, 0.5) is 0 Å². The van der Waals surface area contributed by atoms with Crippen molar-refractivity contribution >= 4 is 5.91 Å². The minimum absolute atomic E-state index is 0.101. The first kappa shape index (κ1) is 13.5. The van der Waals surface area contributed by atoms with Crippen LogP contribution in [0.5, 0.6) is 11.5 Å². The molecule has 0 fully saturated rings. The predicted molar refractivity (Wildman–Crippen MR) is 79.5 cm³/mol. The van der Waals surface area contributed by atoms with Crippen molar-refractivity contribution in [3.63, 3.8) is 0 Å². The van der Waals surface area contributed by atoms with Crippen molar-refractivity contribution in [3.05, 3.63) is 59.2 Å². The number of benzene rings is 2. The van der Waals surface area contributed by atoms with Gasteiger partial charge in [0.2, 0.25) is 0 Å². The normalized spacial score (nSPS) is 14.4. The quantitative estimate of drug-likeness (QED) is 0.844. The molecule has 1 aliphatic heterocycles. The number of hydrogen-bond acceptors (Lipinski definition) is 3. The maximum atomic E-state index is 12.5. The van der Waals surface area contributed by atoms with Crippen molar-refractivity contribution in [1.29, 1.82) is 0 Å². The molecule has 2 aromatic carbocycles. The molecule has 1 heterocycles. The minimum atomic E-state index is -0.158. The first-order valence-electron chi connectivity index (χ1n) is 7.02. The fourth-order valence-corrected chi connectivity index (χ4v) is 2.77. The summed E-state index contributed by atoms with van der Waals surface area (Å²) in [7, 11) is 0. The van der Waals surface area contributed by atoms with Crippen molar-refractivity contribution in [2.45, 2.75) is 12.8 Å². The van der Waals surface area contributed by atoms with Crippen LogP contribution < -0.4 is 0 Å². The summed E-state index contributed by atoms with van der Waals surface area (Å²) in [5.74, 6) is -0.359. The smallest absolute Gasteiger partial charge is 0.254 e. The lowest BCUT2D eigenvalue weighted by atomic mass is 10.0. The molecule has 0 saturated carbocycles. The fraction of sp³-hybridized carbons (Fsp3) is 0.235. The Labute approximate surface area is 123 Å². The molecule has 2 aromatic rings. The number of aromatic hydroxyl groups is 2. The number of phenols is 2. The lowest BCUT2D eigenvalue weighted by Gasteiger charge is -2.20. The van der Waals surface area contributed by atoms with Crippen LogP contribution in [0.1, 0.15) is 21.5 Å². The first-order valence-corrected chi connectivity index (χ1v) is 7.02.